The molecule has 1 N–H and O–H groups in total. The van der Waals surface area contributed by atoms with E-state index in [1.165, 1.54) is 6.33 Å². The van der Waals surface area contributed by atoms with E-state index in [1.54, 1.807) is 12.4 Å². The summed E-state index contributed by atoms with van der Waals surface area (Å²) in [5.41, 5.74) is 1.05. The standard InChI is InChI=1S/C10H13N3O/c1-2-9-8(3-10(14)13-9)7-4-11-6-12-5-7/h4-6,8-9H,2-3H2,1H3,(H,13,14). The van der Waals surface area contributed by atoms with Gasteiger partial charge in [0.15, 0.2) is 0 Å². The zero-order valence-corrected chi connectivity index (χ0v) is 8.10. The first-order chi connectivity index (χ1) is 6.81. The average Bonchev–Trinajstić information content (AvgIpc) is 2.61. The van der Waals surface area contributed by atoms with Gasteiger partial charge in [-0.2, -0.15) is 0 Å². The lowest BCUT2D eigenvalue weighted by Crippen LogP contribution is -2.27. The third-order valence-corrected chi connectivity index (χ3v) is 2.69. The third-order valence-electron chi connectivity index (χ3n) is 2.69. The minimum atomic E-state index is 0.130. The van der Waals surface area contributed by atoms with Gasteiger partial charge in [0.05, 0.1) is 0 Å². The minimum Gasteiger partial charge on any atom is -0.353 e. The molecule has 1 amide bonds. The molecule has 1 saturated heterocycles. The van der Waals surface area contributed by atoms with E-state index in [1.807, 2.05) is 0 Å². The van der Waals surface area contributed by atoms with E-state index in [4.69, 9.17) is 0 Å². The number of nitrogens with zero attached hydrogens (tertiary/aromatic N) is 2. The first kappa shape index (κ1) is 9.12. The number of nitrogens with one attached hydrogen (secondary N) is 1. The Morgan fingerprint density at radius 3 is 2.86 bits per heavy atom. The molecule has 0 spiro atoms. The molecular formula is C10H13N3O. The fraction of sp³-hybridized carbons (Fsp3) is 0.500. The summed E-state index contributed by atoms with van der Waals surface area (Å²) >= 11 is 0. The second-order valence-corrected chi connectivity index (χ2v) is 3.56. The second kappa shape index (κ2) is 3.74. The van der Waals surface area contributed by atoms with Gasteiger partial charge in [-0.15, -0.1) is 0 Å². The van der Waals surface area contributed by atoms with Gasteiger partial charge in [-0.3, -0.25) is 4.79 Å². The second-order valence-electron chi connectivity index (χ2n) is 3.56. The van der Waals surface area contributed by atoms with Crippen LogP contribution in [0.15, 0.2) is 18.7 Å². The van der Waals surface area contributed by atoms with Crippen LogP contribution in [-0.2, 0) is 4.79 Å². The van der Waals surface area contributed by atoms with E-state index < -0.39 is 0 Å². The summed E-state index contributed by atoms with van der Waals surface area (Å²) in [4.78, 5) is 19.2. The lowest BCUT2D eigenvalue weighted by molar-refractivity contribution is -0.119. The summed E-state index contributed by atoms with van der Waals surface area (Å²) in [6, 6.07) is 0.244. The molecule has 0 radical (unpaired) electrons. The van der Waals surface area contributed by atoms with Crippen LogP contribution in [0.2, 0.25) is 0 Å². The van der Waals surface area contributed by atoms with Crippen molar-refractivity contribution in [3.05, 3.63) is 24.3 Å². The maximum atomic E-state index is 11.2. The van der Waals surface area contributed by atoms with Crippen LogP contribution in [-0.4, -0.2) is 21.9 Å². The van der Waals surface area contributed by atoms with E-state index >= 15 is 0 Å². The first-order valence-corrected chi connectivity index (χ1v) is 4.85. The van der Waals surface area contributed by atoms with Crippen molar-refractivity contribution in [2.24, 2.45) is 0 Å². The number of amides is 1. The van der Waals surface area contributed by atoms with E-state index in [2.05, 4.69) is 22.2 Å². The van der Waals surface area contributed by atoms with Gasteiger partial charge in [0, 0.05) is 30.8 Å². The normalized spacial score (nSPS) is 26.2. The molecule has 2 unspecified atom stereocenters. The molecule has 1 aliphatic heterocycles. The zero-order chi connectivity index (χ0) is 9.97. The van der Waals surface area contributed by atoms with Crippen LogP contribution in [0.3, 0.4) is 0 Å². The van der Waals surface area contributed by atoms with Crippen molar-refractivity contribution in [1.82, 2.24) is 15.3 Å². The van der Waals surface area contributed by atoms with E-state index in [0.29, 0.717) is 6.42 Å². The maximum absolute atomic E-state index is 11.2. The van der Waals surface area contributed by atoms with Gasteiger partial charge in [-0.25, -0.2) is 9.97 Å². The molecule has 1 aliphatic rings. The highest BCUT2D eigenvalue weighted by molar-refractivity contribution is 5.80. The van der Waals surface area contributed by atoms with E-state index in [0.717, 1.165) is 12.0 Å². The van der Waals surface area contributed by atoms with Crippen molar-refractivity contribution in [1.29, 1.82) is 0 Å². The molecule has 0 bridgehead atoms. The molecular weight excluding hydrogens is 178 g/mol. The van der Waals surface area contributed by atoms with Gasteiger partial charge in [0.2, 0.25) is 5.91 Å². The number of hydrogen-bond donors (Lipinski definition) is 1. The van der Waals surface area contributed by atoms with Gasteiger partial charge in [-0.1, -0.05) is 6.92 Å². The smallest absolute Gasteiger partial charge is 0.220 e. The molecule has 2 heterocycles. The Labute approximate surface area is 82.8 Å². The Morgan fingerprint density at radius 1 is 1.50 bits per heavy atom. The number of aromatic nitrogens is 2. The molecule has 2 atom stereocenters. The van der Waals surface area contributed by atoms with Crippen LogP contribution in [0.4, 0.5) is 0 Å². The molecule has 1 aromatic rings. The number of carbonyl (C=O) groups excluding carboxylic acids is 1. The van der Waals surface area contributed by atoms with Crippen LogP contribution < -0.4 is 5.32 Å². The van der Waals surface area contributed by atoms with Crippen LogP contribution in [0.5, 0.6) is 0 Å². The van der Waals surface area contributed by atoms with E-state index in [9.17, 15) is 4.79 Å². The van der Waals surface area contributed by atoms with Crippen molar-refractivity contribution < 1.29 is 4.79 Å². The van der Waals surface area contributed by atoms with Crippen molar-refractivity contribution in [2.45, 2.75) is 31.7 Å². The fourth-order valence-corrected chi connectivity index (χ4v) is 1.95. The lowest BCUT2D eigenvalue weighted by atomic mass is 9.93. The quantitative estimate of drug-likeness (QED) is 0.754. The number of rotatable bonds is 2. The highest BCUT2D eigenvalue weighted by Gasteiger charge is 2.32. The Bertz CT molecular complexity index is 325. The largest absolute Gasteiger partial charge is 0.353 e. The molecule has 14 heavy (non-hydrogen) atoms. The van der Waals surface area contributed by atoms with Gasteiger partial charge in [0.25, 0.3) is 0 Å². The minimum absolute atomic E-state index is 0.130. The number of hydrogen-bond acceptors (Lipinski definition) is 3. The molecule has 2 rings (SSSR count). The maximum Gasteiger partial charge on any atom is 0.220 e. The summed E-state index contributed by atoms with van der Waals surface area (Å²) < 4.78 is 0. The third kappa shape index (κ3) is 1.60. The SMILES string of the molecule is CCC1NC(=O)CC1c1cncnc1. The average molecular weight is 191 g/mol. The highest BCUT2D eigenvalue weighted by atomic mass is 16.2. The highest BCUT2D eigenvalue weighted by Crippen LogP contribution is 2.28. The number of carbonyl (C=O) groups is 1. The summed E-state index contributed by atoms with van der Waals surface area (Å²) in [6.07, 6.45) is 6.60. The predicted octanol–water partition coefficient (Wildman–Crippen LogP) is 0.859. The lowest BCUT2D eigenvalue weighted by Gasteiger charge is -2.15. The Kier molecular flexibility index (Phi) is 2.43. The summed E-state index contributed by atoms with van der Waals surface area (Å²) in [5.74, 6) is 0.374. The van der Waals surface area contributed by atoms with Gasteiger partial charge in [0.1, 0.15) is 6.33 Å². The fourth-order valence-electron chi connectivity index (χ4n) is 1.95. The molecule has 1 aromatic heterocycles. The van der Waals surface area contributed by atoms with Crippen molar-refractivity contribution in [3.63, 3.8) is 0 Å². The van der Waals surface area contributed by atoms with Crippen LogP contribution in [0.25, 0.3) is 0 Å². The zero-order valence-electron chi connectivity index (χ0n) is 8.10. The molecule has 0 saturated carbocycles. The van der Waals surface area contributed by atoms with Crippen LogP contribution in [0.1, 0.15) is 31.2 Å². The molecule has 4 heteroatoms. The predicted molar refractivity (Wildman–Crippen MR) is 51.6 cm³/mol. The molecule has 74 valence electrons. The van der Waals surface area contributed by atoms with E-state index in [-0.39, 0.29) is 17.9 Å². The van der Waals surface area contributed by atoms with Crippen LogP contribution >= 0.6 is 0 Å². The summed E-state index contributed by atoms with van der Waals surface area (Å²) in [7, 11) is 0. The summed E-state index contributed by atoms with van der Waals surface area (Å²) in [5, 5.41) is 2.96. The topological polar surface area (TPSA) is 54.9 Å². The van der Waals surface area contributed by atoms with Crippen molar-refractivity contribution in [3.8, 4) is 0 Å². The van der Waals surface area contributed by atoms with Crippen molar-refractivity contribution >= 4 is 5.91 Å². The van der Waals surface area contributed by atoms with Crippen molar-refractivity contribution in [2.75, 3.05) is 0 Å². The van der Waals surface area contributed by atoms with Gasteiger partial charge >= 0.3 is 0 Å². The van der Waals surface area contributed by atoms with Gasteiger partial charge < -0.3 is 5.32 Å². The first-order valence-electron chi connectivity index (χ1n) is 4.85. The Hall–Kier alpha value is -1.45. The Morgan fingerprint density at radius 2 is 2.21 bits per heavy atom. The molecule has 1 fully saturated rings. The van der Waals surface area contributed by atoms with Gasteiger partial charge in [-0.05, 0) is 12.0 Å². The Balaban J connectivity index is 2.22. The summed E-state index contributed by atoms with van der Waals surface area (Å²) in [6.45, 7) is 2.08. The molecule has 0 aliphatic carbocycles. The molecule has 0 aromatic carbocycles. The molecule has 4 nitrogen and oxygen atoms in total. The monoisotopic (exact) mass is 191 g/mol. The van der Waals surface area contributed by atoms with Crippen LogP contribution in [0, 0.1) is 0 Å².